The second kappa shape index (κ2) is 48.2. The number of fused-ring (bicyclic) bond motifs is 2. The first-order chi connectivity index (χ1) is 60.2. The van der Waals surface area contributed by atoms with Crippen molar-refractivity contribution in [1.82, 2.24) is 9.80 Å². The first-order valence-corrected chi connectivity index (χ1v) is 55.6. The molecule has 6 nitrogen and oxygen atoms in total. The number of ketones is 2. The number of thioether (sulfide) groups is 2. The number of unbranched alkanes of at least 4 members (excludes halogenated alkanes) is 30. The average molecular weight is 1850 g/mol. The maximum absolute atomic E-state index is 14.8. The van der Waals surface area contributed by atoms with Gasteiger partial charge in [0.25, 0.3) is 11.8 Å². The molecule has 9 heterocycles. The van der Waals surface area contributed by atoms with E-state index in [2.05, 4.69) is 102 Å². The van der Waals surface area contributed by atoms with Crippen molar-refractivity contribution in [2.24, 2.45) is 0 Å². The van der Waals surface area contributed by atoms with Gasteiger partial charge in [0.15, 0.2) is 11.6 Å². The normalized spacial score (nSPS) is 16.1. The first kappa shape index (κ1) is 95.1. The molecule has 2 amide bonds. The summed E-state index contributed by atoms with van der Waals surface area (Å²) in [4.78, 5) is 81.2. The molecule has 4 aliphatic rings. The Kier molecular flexibility index (Phi) is 37.3. The highest BCUT2D eigenvalue weighted by Crippen LogP contribution is 2.55. The molecule has 123 heavy (non-hydrogen) atoms. The minimum atomic E-state index is -0.116. The van der Waals surface area contributed by atoms with Crippen LogP contribution in [-0.4, -0.2) is 54.9 Å². The van der Waals surface area contributed by atoms with Crippen LogP contribution in [0.15, 0.2) is 118 Å². The standard InChI is InChI=1S/C106H130N2O4S11/c1-9-17-23-29-35-41-51-71-63-77(69-83-91(79-57-47-49-59-81(79)93(83)109)101-103(111)107(15-7)105(113)122-101)115-97(71)87-67-75(55-45-39-33-27-21-13-5)99(120-87)89-65-73(53-43-37-31-25-19-11-3)95(118-89)85-61-62-86(117-85)96-74(54-44-38-32-26-20-12-4)66-90(119-96)100-76(56-46-40-34-28-22-14-6)68-88(121-100)98-72(52-42-36-30-24-18-10-2)64-78(116-98)70-84-92(80-58-48-50-60-82(80)94(84)110)102-104(112)108(16-8)106(114)123-102/h47-50,57-70H,9-46,51-56H2,1-8H3/b83-69-,84-70-,101-91-,102-92+. The van der Waals surface area contributed by atoms with Crippen LogP contribution >= 0.6 is 127 Å². The molecular formula is C106H130N2O4S11. The number of amides is 2. The van der Waals surface area contributed by atoms with E-state index in [9.17, 15) is 19.2 Å². The predicted octanol–water partition coefficient (Wildman–Crippen LogP) is 35.3. The molecule has 2 aliphatic heterocycles. The van der Waals surface area contributed by atoms with Gasteiger partial charge in [-0.05, 0) is 196 Å². The van der Waals surface area contributed by atoms with Crippen molar-refractivity contribution in [1.29, 1.82) is 0 Å². The van der Waals surface area contributed by atoms with Crippen LogP contribution in [0.1, 0.15) is 362 Å². The van der Waals surface area contributed by atoms with Crippen molar-refractivity contribution >= 4 is 183 Å². The number of carbonyl (C=O) groups is 4. The number of nitrogens with zero attached hydrogens (tertiary/aromatic N) is 2. The molecule has 2 aromatic carbocycles. The van der Waals surface area contributed by atoms with Gasteiger partial charge >= 0.3 is 0 Å². The molecule has 0 atom stereocenters. The molecule has 13 rings (SSSR count). The van der Waals surface area contributed by atoms with Crippen molar-refractivity contribution in [3.8, 4) is 58.5 Å². The summed E-state index contributed by atoms with van der Waals surface area (Å²) in [6, 6.07) is 35.8. The Morgan fingerprint density at radius 2 is 0.520 bits per heavy atom. The molecule has 2 aliphatic carbocycles. The molecule has 0 radical (unpaired) electrons. The molecule has 7 aromatic heterocycles. The van der Waals surface area contributed by atoms with E-state index >= 15 is 0 Å². The quantitative estimate of drug-likeness (QED) is 0.0212. The van der Waals surface area contributed by atoms with Crippen molar-refractivity contribution in [2.75, 3.05) is 13.1 Å². The van der Waals surface area contributed by atoms with Crippen LogP contribution in [-0.2, 0) is 48.1 Å². The van der Waals surface area contributed by atoms with Gasteiger partial charge < -0.3 is 0 Å². The summed E-state index contributed by atoms with van der Waals surface area (Å²) >= 11 is 28.1. The minimum Gasteiger partial charge on any atom is -0.293 e. The van der Waals surface area contributed by atoms with Crippen molar-refractivity contribution < 1.29 is 19.2 Å². The predicted molar refractivity (Wildman–Crippen MR) is 553 cm³/mol. The number of rotatable bonds is 52. The second-order valence-electron chi connectivity index (χ2n) is 34.2. The lowest BCUT2D eigenvalue weighted by Gasteiger charge is -2.10. The van der Waals surface area contributed by atoms with Crippen LogP contribution < -0.4 is 0 Å². The number of likely N-dealkylation sites (N-methyl/N-ethyl adjacent to an activating group) is 2. The fourth-order valence-corrected chi connectivity index (χ4v) is 30.0. The lowest BCUT2D eigenvalue weighted by molar-refractivity contribution is -0.122. The second-order valence-corrected chi connectivity index (χ2v) is 45.0. The maximum Gasteiger partial charge on any atom is 0.266 e. The summed E-state index contributed by atoms with van der Waals surface area (Å²) in [6.07, 6.45) is 55.0. The summed E-state index contributed by atoms with van der Waals surface area (Å²) < 4.78 is 1.08. The Hall–Kier alpha value is -5.54. The number of allylic oxidation sites excluding steroid dienone is 4. The lowest BCUT2D eigenvalue weighted by Crippen LogP contribution is -2.27. The van der Waals surface area contributed by atoms with Gasteiger partial charge in [-0.25, -0.2) is 0 Å². The van der Waals surface area contributed by atoms with Gasteiger partial charge in [0, 0.05) is 115 Å². The van der Waals surface area contributed by atoms with Crippen LogP contribution in [0, 0.1) is 0 Å². The number of aryl methyl sites for hydroxylation is 6. The monoisotopic (exact) mass is 1850 g/mol. The van der Waals surface area contributed by atoms with E-state index in [1.165, 1.54) is 321 Å². The molecule has 0 unspecified atom stereocenters. The Bertz CT molecular complexity index is 4930. The van der Waals surface area contributed by atoms with Gasteiger partial charge in [0.05, 0.1) is 9.81 Å². The fourth-order valence-electron chi connectivity index (χ4n) is 18.0. The van der Waals surface area contributed by atoms with Crippen LogP contribution in [0.3, 0.4) is 0 Å². The van der Waals surface area contributed by atoms with E-state index in [1.807, 2.05) is 142 Å². The third kappa shape index (κ3) is 23.8. The number of hydrogen-bond acceptors (Lipinski definition) is 15. The third-order valence-corrected chi connectivity index (χ3v) is 36.9. The SMILES string of the molecule is CCCCCCCCc1cc(/C=C2\C(=O)c3ccccc3\C2=C2\SC(=S)N(CC)C2=O)sc1-c1cc(CCCCCCCC)c(-c2cc(CCCCCCCC)c(-c3ccc(-c4sc(-c5sc(-c6sc(/C=C7\C(=O)c8ccccc8\C7=C7/SC(=S)N(CC)C7=O)cc6CCCCCCCC)cc5CCCCCCCC)cc4CCCCCCCC)s3)s2)s1. The van der Waals surface area contributed by atoms with Crippen molar-refractivity contribution in [3.63, 3.8) is 0 Å². The summed E-state index contributed by atoms with van der Waals surface area (Å²) in [7, 11) is 0. The molecule has 9 aromatic rings. The summed E-state index contributed by atoms with van der Waals surface area (Å²) in [6.45, 7) is 18.8. The van der Waals surface area contributed by atoms with Crippen LogP contribution in [0.5, 0.6) is 0 Å². The Morgan fingerprint density at radius 1 is 0.276 bits per heavy atom. The summed E-state index contributed by atoms with van der Waals surface area (Å²) in [5.41, 5.74) is 14.2. The number of hydrogen-bond donors (Lipinski definition) is 0. The Morgan fingerprint density at radius 3 is 0.789 bits per heavy atom. The highest BCUT2D eigenvalue weighted by atomic mass is 32.2. The molecular weight excluding hydrogens is 1720 g/mol. The van der Waals surface area contributed by atoms with Crippen molar-refractivity contribution in [2.45, 2.75) is 325 Å². The smallest absolute Gasteiger partial charge is 0.266 e. The first-order valence-electron chi connectivity index (χ1n) is 47.4. The van der Waals surface area contributed by atoms with Crippen LogP contribution in [0.25, 0.3) is 81.8 Å². The van der Waals surface area contributed by atoms with E-state index in [0.29, 0.717) is 53.8 Å². The largest absolute Gasteiger partial charge is 0.293 e. The number of Topliss-reactive ketones (excluding diaryl/α,β-unsaturated/α-hetero) is 2. The zero-order valence-electron chi connectivity index (χ0n) is 74.5. The minimum absolute atomic E-state index is 0.0328. The number of thiophene rings is 7. The highest BCUT2D eigenvalue weighted by Gasteiger charge is 2.42. The Balaban J connectivity index is 0.899. The molecule has 17 heteroatoms. The topological polar surface area (TPSA) is 74.8 Å². The van der Waals surface area contributed by atoms with Gasteiger partial charge in [-0.1, -0.05) is 331 Å². The van der Waals surface area contributed by atoms with Gasteiger partial charge in [0.1, 0.15) is 8.64 Å². The number of thiocarbonyl (C=S) groups is 2. The Labute approximate surface area is 784 Å². The molecule has 0 spiro atoms. The van der Waals surface area contributed by atoms with E-state index in [4.69, 9.17) is 24.4 Å². The summed E-state index contributed by atoms with van der Waals surface area (Å²) in [5.74, 6) is -0.298. The average Bonchev–Trinajstić information content (AvgIpc) is 1.59. The van der Waals surface area contributed by atoms with Gasteiger partial charge in [-0.2, -0.15) is 0 Å². The van der Waals surface area contributed by atoms with Gasteiger partial charge in [0.2, 0.25) is 0 Å². The van der Waals surface area contributed by atoms with Crippen LogP contribution in [0.2, 0.25) is 0 Å². The van der Waals surface area contributed by atoms with E-state index in [-0.39, 0.29) is 23.4 Å². The van der Waals surface area contributed by atoms with E-state index in [0.717, 1.165) is 96.2 Å². The molecule has 2 fully saturated rings. The maximum atomic E-state index is 14.8. The lowest BCUT2D eigenvalue weighted by atomic mass is 10.0. The molecule has 0 N–H and O–H groups in total. The molecule has 654 valence electrons. The van der Waals surface area contributed by atoms with Gasteiger partial charge in [-0.15, -0.1) is 79.4 Å². The molecule has 0 saturated carbocycles. The fraction of sp³-hybridized carbons (Fsp3) is 0.491. The number of carbonyl (C=O) groups excluding carboxylic acids is 4. The van der Waals surface area contributed by atoms with E-state index < -0.39 is 0 Å². The number of benzene rings is 2. The van der Waals surface area contributed by atoms with Crippen LogP contribution in [0.4, 0.5) is 0 Å². The molecule has 2 saturated heterocycles. The highest BCUT2D eigenvalue weighted by molar-refractivity contribution is 8.27. The molecule has 0 bridgehead atoms. The third-order valence-electron chi connectivity index (χ3n) is 24.9. The zero-order chi connectivity index (χ0) is 86.1. The van der Waals surface area contributed by atoms with E-state index in [1.54, 1.807) is 9.80 Å². The van der Waals surface area contributed by atoms with Crippen molar-refractivity contribution in [3.05, 3.63) is 183 Å². The zero-order valence-corrected chi connectivity index (χ0v) is 83.5. The summed E-state index contributed by atoms with van der Waals surface area (Å²) in [5, 5.41) is 0. The van der Waals surface area contributed by atoms with Gasteiger partial charge in [-0.3, -0.25) is 29.0 Å².